The van der Waals surface area contributed by atoms with E-state index in [1.807, 2.05) is 55.8 Å². The number of para-hydroxylation sites is 1. The van der Waals surface area contributed by atoms with Gasteiger partial charge in [0, 0.05) is 42.8 Å². The van der Waals surface area contributed by atoms with Crippen molar-refractivity contribution >= 4 is 28.1 Å². The van der Waals surface area contributed by atoms with E-state index in [0.29, 0.717) is 17.1 Å². The number of nitrogens with zero attached hydrogens (tertiary/aromatic N) is 2. The molecule has 0 aliphatic rings. The zero-order valence-corrected chi connectivity index (χ0v) is 18.0. The highest BCUT2D eigenvalue weighted by molar-refractivity contribution is 6.13. The highest BCUT2D eigenvalue weighted by atomic mass is 15.0. The molecule has 0 aliphatic heterocycles. The molecule has 158 valence electrons. The van der Waals surface area contributed by atoms with Crippen LogP contribution in [0.4, 0.5) is 11.4 Å². The van der Waals surface area contributed by atoms with E-state index in [0.717, 1.165) is 46.5 Å². The Labute approximate surface area is 181 Å². The third kappa shape index (κ3) is 3.87. The minimum atomic E-state index is 0.256. The van der Waals surface area contributed by atoms with E-state index in [-0.39, 0.29) is 5.71 Å². The van der Waals surface area contributed by atoms with Crippen molar-refractivity contribution in [1.29, 1.82) is 5.41 Å². The van der Waals surface area contributed by atoms with Crippen molar-refractivity contribution in [3.63, 3.8) is 0 Å². The Morgan fingerprint density at radius 1 is 1.19 bits per heavy atom. The summed E-state index contributed by atoms with van der Waals surface area (Å²) in [6.07, 6.45) is 3.76. The van der Waals surface area contributed by atoms with Gasteiger partial charge in [-0.05, 0) is 54.4 Å². The fraction of sp³-hybridized carbons (Fsp3) is 0.208. The predicted molar refractivity (Wildman–Crippen MR) is 128 cm³/mol. The first-order chi connectivity index (χ1) is 15.0. The fourth-order valence-electron chi connectivity index (χ4n) is 3.72. The van der Waals surface area contributed by atoms with E-state index in [2.05, 4.69) is 39.4 Å². The fourth-order valence-corrected chi connectivity index (χ4v) is 3.72. The molecule has 0 saturated carbocycles. The molecule has 7 heteroatoms. The molecule has 0 radical (unpaired) electrons. The largest absolute Gasteiger partial charge is 0.398 e. The zero-order chi connectivity index (χ0) is 22.0. The molecule has 0 amide bonds. The Balaban J connectivity index is 1.75. The van der Waals surface area contributed by atoms with Crippen molar-refractivity contribution in [3.8, 4) is 11.1 Å². The van der Waals surface area contributed by atoms with Crippen LogP contribution in [0.1, 0.15) is 29.4 Å². The molecule has 4 rings (SSSR count). The summed E-state index contributed by atoms with van der Waals surface area (Å²) >= 11 is 0. The molecule has 7 nitrogen and oxygen atoms in total. The maximum atomic E-state index is 8.80. The van der Waals surface area contributed by atoms with E-state index in [1.54, 1.807) is 0 Å². The van der Waals surface area contributed by atoms with Crippen LogP contribution in [0.25, 0.3) is 22.2 Å². The number of imidazole rings is 1. The molecular formula is C24H27N7. The summed E-state index contributed by atoms with van der Waals surface area (Å²) in [5.74, 6) is 0.484. The lowest BCUT2D eigenvalue weighted by Crippen LogP contribution is -2.13. The molecule has 0 aliphatic carbocycles. The lowest BCUT2D eigenvalue weighted by Gasteiger charge is -2.13. The van der Waals surface area contributed by atoms with Crippen LogP contribution >= 0.6 is 0 Å². The summed E-state index contributed by atoms with van der Waals surface area (Å²) < 4.78 is 0. The van der Waals surface area contributed by atoms with Crippen LogP contribution in [0.2, 0.25) is 0 Å². The number of aromatic nitrogens is 3. The second-order valence-electron chi connectivity index (χ2n) is 7.47. The van der Waals surface area contributed by atoms with E-state index >= 15 is 0 Å². The van der Waals surface area contributed by atoms with Crippen molar-refractivity contribution in [1.82, 2.24) is 20.3 Å². The minimum Gasteiger partial charge on any atom is -0.398 e. The number of pyridine rings is 1. The topological polar surface area (TPSA) is 116 Å². The number of aromatic amines is 1. The van der Waals surface area contributed by atoms with Crippen LogP contribution in [-0.2, 0) is 6.54 Å². The summed E-state index contributed by atoms with van der Waals surface area (Å²) in [7, 11) is 1.86. The van der Waals surface area contributed by atoms with Gasteiger partial charge in [-0.2, -0.15) is 0 Å². The van der Waals surface area contributed by atoms with Gasteiger partial charge in [-0.3, -0.25) is 10.4 Å². The number of H-pyrrole nitrogens is 1. The molecule has 0 fully saturated rings. The Kier molecular flexibility index (Phi) is 5.68. The molecule has 0 unspecified atom stereocenters. The molecule has 4 aromatic rings. The Hall–Kier alpha value is -3.71. The third-order valence-electron chi connectivity index (χ3n) is 5.54. The van der Waals surface area contributed by atoms with E-state index in [9.17, 15) is 0 Å². The Bertz CT molecular complexity index is 1260. The maximum absolute atomic E-state index is 8.80. The van der Waals surface area contributed by atoms with Crippen LogP contribution < -0.4 is 16.4 Å². The molecular weight excluding hydrogens is 386 g/mol. The second kappa shape index (κ2) is 8.57. The number of benzene rings is 2. The summed E-state index contributed by atoms with van der Waals surface area (Å²) in [4.78, 5) is 12.3. The molecule has 2 aromatic carbocycles. The molecule has 31 heavy (non-hydrogen) atoms. The SMILES string of the molecule is CCNCc1cncc(-c2ccc(N)c(C(=N)c3nc4c(NC)cccc4[nH]3)c2)c1C. The first-order valence-electron chi connectivity index (χ1n) is 10.3. The molecule has 6 N–H and O–H groups in total. The van der Waals surface area contributed by atoms with E-state index < -0.39 is 0 Å². The van der Waals surface area contributed by atoms with Crippen LogP contribution in [-0.4, -0.2) is 34.3 Å². The van der Waals surface area contributed by atoms with Crippen LogP contribution in [0.15, 0.2) is 48.8 Å². The third-order valence-corrected chi connectivity index (χ3v) is 5.54. The molecule has 2 aromatic heterocycles. The van der Waals surface area contributed by atoms with Gasteiger partial charge in [0.2, 0.25) is 0 Å². The van der Waals surface area contributed by atoms with Gasteiger partial charge in [0.25, 0.3) is 0 Å². The van der Waals surface area contributed by atoms with Gasteiger partial charge in [-0.1, -0.05) is 19.1 Å². The van der Waals surface area contributed by atoms with Crippen LogP contribution in [0.5, 0.6) is 0 Å². The number of nitrogens with two attached hydrogens (primary N) is 1. The van der Waals surface area contributed by atoms with Gasteiger partial charge in [0.15, 0.2) is 5.82 Å². The average Bonchev–Trinajstić information content (AvgIpc) is 3.23. The molecule has 0 spiro atoms. The zero-order valence-electron chi connectivity index (χ0n) is 18.0. The molecule has 0 bridgehead atoms. The number of hydrogen-bond donors (Lipinski definition) is 5. The van der Waals surface area contributed by atoms with Gasteiger partial charge in [-0.25, -0.2) is 4.98 Å². The highest BCUT2D eigenvalue weighted by Gasteiger charge is 2.16. The minimum absolute atomic E-state index is 0.256. The number of anilines is 2. The first-order valence-corrected chi connectivity index (χ1v) is 10.3. The monoisotopic (exact) mass is 413 g/mol. The quantitative estimate of drug-likeness (QED) is 0.231. The predicted octanol–water partition coefficient (Wildman–Crippen LogP) is 4.08. The second-order valence-corrected chi connectivity index (χ2v) is 7.47. The van der Waals surface area contributed by atoms with Gasteiger partial charge in [0.1, 0.15) is 11.2 Å². The normalized spacial score (nSPS) is 11.1. The summed E-state index contributed by atoms with van der Waals surface area (Å²) in [5, 5.41) is 15.3. The lowest BCUT2D eigenvalue weighted by molar-refractivity contribution is 0.721. The van der Waals surface area contributed by atoms with Crippen molar-refractivity contribution < 1.29 is 0 Å². The number of hydrogen-bond acceptors (Lipinski definition) is 6. The number of fused-ring (bicyclic) bond motifs is 1. The average molecular weight is 414 g/mol. The lowest BCUT2D eigenvalue weighted by atomic mass is 9.95. The summed E-state index contributed by atoms with van der Waals surface area (Å²) in [6.45, 7) is 5.86. The van der Waals surface area contributed by atoms with Gasteiger partial charge in [0.05, 0.1) is 11.2 Å². The van der Waals surface area contributed by atoms with Gasteiger partial charge >= 0.3 is 0 Å². The molecule has 0 atom stereocenters. The Morgan fingerprint density at radius 2 is 2.03 bits per heavy atom. The summed E-state index contributed by atoms with van der Waals surface area (Å²) in [6, 6.07) is 11.6. The van der Waals surface area contributed by atoms with Crippen molar-refractivity contribution in [2.45, 2.75) is 20.4 Å². The smallest absolute Gasteiger partial charge is 0.157 e. The van der Waals surface area contributed by atoms with E-state index in [1.165, 1.54) is 5.56 Å². The van der Waals surface area contributed by atoms with Gasteiger partial charge in [-0.15, -0.1) is 0 Å². The van der Waals surface area contributed by atoms with Crippen molar-refractivity contribution in [2.75, 3.05) is 24.6 Å². The standard InChI is InChI=1S/C24H27N7/c1-4-28-11-16-12-29-13-18(14(16)2)15-8-9-19(25)17(10-15)22(26)24-30-21-7-5-6-20(27-3)23(21)31-24/h5-10,12-13,26-28H,4,11,25H2,1-3H3,(H,30,31). The van der Waals surface area contributed by atoms with Crippen LogP contribution in [0.3, 0.4) is 0 Å². The summed E-state index contributed by atoms with van der Waals surface area (Å²) in [5.41, 5.74) is 14.6. The molecule has 0 saturated heterocycles. The number of nitrogen functional groups attached to an aromatic ring is 1. The first kappa shape index (κ1) is 20.6. The van der Waals surface area contributed by atoms with Crippen molar-refractivity contribution in [2.24, 2.45) is 0 Å². The van der Waals surface area contributed by atoms with Crippen LogP contribution in [0, 0.1) is 12.3 Å². The number of rotatable bonds is 7. The molecule has 2 heterocycles. The maximum Gasteiger partial charge on any atom is 0.157 e. The highest BCUT2D eigenvalue weighted by Crippen LogP contribution is 2.29. The van der Waals surface area contributed by atoms with Crippen molar-refractivity contribution in [3.05, 3.63) is 71.3 Å². The number of nitrogens with one attached hydrogen (secondary N) is 4. The van der Waals surface area contributed by atoms with Gasteiger partial charge < -0.3 is 21.4 Å². The Morgan fingerprint density at radius 3 is 2.81 bits per heavy atom. The van der Waals surface area contributed by atoms with E-state index in [4.69, 9.17) is 11.1 Å².